The first-order chi connectivity index (χ1) is 6.97. The Morgan fingerprint density at radius 3 is 2.67 bits per heavy atom. The predicted octanol–water partition coefficient (Wildman–Crippen LogP) is 0.665. The van der Waals surface area contributed by atoms with Crippen LogP contribution in [0.2, 0.25) is 0 Å². The van der Waals surface area contributed by atoms with E-state index in [2.05, 4.69) is 10.00 Å². The van der Waals surface area contributed by atoms with Gasteiger partial charge in [0.15, 0.2) is 0 Å². The van der Waals surface area contributed by atoms with Crippen LogP contribution in [-0.2, 0) is 13.5 Å². The fourth-order valence-electron chi connectivity index (χ4n) is 1.35. The molecule has 1 aromatic rings. The summed E-state index contributed by atoms with van der Waals surface area (Å²) in [6, 6.07) is 2.03. The van der Waals surface area contributed by atoms with Crippen molar-refractivity contribution in [1.82, 2.24) is 14.7 Å². The number of aliphatic hydroxyl groups excluding tert-OH is 1. The fourth-order valence-corrected chi connectivity index (χ4v) is 1.35. The van der Waals surface area contributed by atoms with Crippen LogP contribution in [0.4, 0.5) is 0 Å². The monoisotopic (exact) mass is 211 g/mol. The van der Waals surface area contributed by atoms with E-state index < -0.39 is 0 Å². The molecule has 0 amide bonds. The summed E-state index contributed by atoms with van der Waals surface area (Å²) in [5.74, 6) is 0. The minimum Gasteiger partial charge on any atom is -0.394 e. The summed E-state index contributed by atoms with van der Waals surface area (Å²) in [5.41, 5.74) is 1.06. The van der Waals surface area contributed by atoms with Crippen molar-refractivity contribution in [3.63, 3.8) is 0 Å². The van der Waals surface area contributed by atoms with E-state index in [1.807, 2.05) is 44.9 Å². The zero-order valence-corrected chi connectivity index (χ0v) is 10.1. The number of likely N-dealkylation sites (N-methyl/N-ethyl adjacent to an activating group) is 1. The molecular weight excluding hydrogens is 190 g/mol. The first kappa shape index (κ1) is 12.2. The van der Waals surface area contributed by atoms with Crippen LogP contribution in [0.25, 0.3) is 0 Å². The van der Waals surface area contributed by atoms with E-state index in [-0.39, 0.29) is 12.1 Å². The average molecular weight is 211 g/mol. The number of rotatable bonds is 5. The molecule has 0 atom stereocenters. The zero-order valence-electron chi connectivity index (χ0n) is 10.1. The predicted molar refractivity (Wildman–Crippen MR) is 60.7 cm³/mol. The molecule has 4 heteroatoms. The van der Waals surface area contributed by atoms with Crippen LogP contribution < -0.4 is 0 Å². The lowest BCUT2D eigenvalue weighted by atomic mass is 10.0. The van der Waals surface area contributed by atoms with Crippen molar-refractivity contribution in [2.24, 2.45) is 7.05 Å². The number of hydrogen-bond donors (Lipinski definition) is 1. The maximum atomic E-state index is 9.22. The Kier molecular flexibility index (Phi) is 3.88. The van der Waals surface area contributed by atoms with Crippen LogP contribution in [0.5, 0.6) is 0 Å². The van der Waals surface area contributed by atoms with Gasteiger partial charge in [0, 0.05) is 37.4 Å². The van der Waals surface area contributed by atoms with Crippen molar-refractivity contribution in [1.29, 1.82) is 0 Å². The van der Waals surface area contributed by atoms with Gasteiger partial charge in [-0.25, -0.2) is 0 Å². The van der Waals surface area contributed by atoms with Gasteiger partial charge in [0.05, 0.1) is 6.61 Å². The van der Waals surface area contributed by atoms with Gasteiger partial charge in [-0.15, -0.1) is 0 Å². The second kappa shape index (κ2) is 4.77. The topological polar surface area (TPSA) is 41.3 Å². The van der Waals surface area contributed by atoms with E-state index in [1.165, 1.54) is 5.69 Å². The van der Waals surface area contributed by atoms with Crippen LogP contribution >= 0.6 is 0 Å². The number of aliphatic hydroxyl groups is 1. The minimum absolute atomic E-state index is 0.154. The lowest BCUT2D eigenvalue weighted by molar-refractivity contribution is 0.0797. The number of hydrogen-bond acceptors (Lipinski definition) is 3. The van der Waals surface area contributed by atoms with Gasteiger partial charge in [-0.1, -0.05) is 0 Å². The average Bonchev–Trinajstić information content (AvgIpc) is 2.60. The molecule has 1 rings (SSSR count). The van der Waals surface area contributed by atoms with Gasteiger partial charge in [0.1, 0.15) is 0 Å². The summed E-state index contributed by atoms with van der Waals surface area (Å²) in [4.78, 5) is 2.17. The highest BCUT2D eigenvalue weighted by Gasteiger charge is 2.21. The maximum Gasteiger partial charge on any atom is 0.0609 e. The van der Waals surface area contributed by atoms with Crippen LogP contribution in [0.1, 0.15) is 19.5 Å². The van der Waals surface area contributed by atoms with Gasteiger partial charge < -0.3 is 5.11 Å². The summed E-state index contributed by atoms with van der Waals surface area (Å²) < 4.78 is 1.89. The van der Waals surface area contributed by atoms with Crippen molar-refractivity contribution < 1.29 is 5.11 Å². The van der Waals surface area contributed by atoms with Crippen molar-refractivity contribution in [2.45, 2.75) is 25.8 Å². The molecule has 0 radical (unpaired) electrons. The van der Waals surface area contributed by atoms with Crippen molar-refractivity contribution in [3.05, 3.63) is 18.0 Å². The second-order valence-electron chi connectivity index (χ2n) is 4.59. The number of aryl methyl sites for hydroxylation is 1. The summed E-state index contributed by atoms with van der Waals surface area (Å²) in [6.07, 6.45) is 2.77. The largest absolute Gasteiger partial charge is 0.394 e. The van der Waals surface area contributed by atoms with Gasteiger partial charge >= 0.3 is 0 Å². The molecule has 0 aliphatic rings. The molecule has 0 aliphatic heterocycles. The smallest absolute Gasteiger partial charge is 0.0609 e. The highest BCUT2D eigenvalue weighted by molar-refractivity contribution is 5.00. The Balaban J connectivity index is 2.48. The van der Waals surface area contributed by atoms with Gasteiger partial charge in [0.2, 0.25) is 0 Å². The lowest BCUT2D eigenvalue weighted by Gasteiger charge is -2.33. The maximum absolute atomic E-state index is 9.22. The lowest BCUT2D eigenvalue weighted by Crippen LogP contribution is -2.45. The summed E-state index contributed by atoms with van der Waals surface area (Å²) in [6.45, 7) is 5.18. The molecule has 0 bridgehead atoms. The van der Waals surface area contributed by atoms with Crippen molar-refractivity contribution in [3.8, 4) is 0 Å². The number of aromatic nitrogens is 2. The Morgan fingerprint density at radius 1 is 1.53 bits per heavy atom. The van der Waals surface area contributed by atoms with Crippen molar-refractivity contribution in [2.75, 3.05) is 20.2 Å². The summed E-state index contributed by atoms with van der Waals surface area (Å²) >= 11 is 0. The number of nitrogens with zero attached hydrogens (tertiary/aromatic N) is 3. The molecule has 1 heterocycles. The molecule has 1 aromatic heterocycles. The third kappa shape index (κ3) is 3.04. The van der Waals surface area contributed by atoms with E-state index in [0.717, 1.165) is 13.0 Å². The molecule has 86 valence electrons. The SMILES string of the molecule is CN(CCc1ccnn1C)C(C)(C)CO. The highest BCUT2D eigenvalue weighted by Crippen LogP contribution is 2.11. The molecule has 0 saturated heterocycles. The van der Waals surface area contributed by atoms with Gasteiger partial charge in [-0.3, -0.25) is 9.58 Å². The Bertz CT molecular complexity index is 307. The minimum atomic E-state index is -0.154. The summed E-state index contributed by atoms with van der Waals surface area (Å²) in [7, 11) is 3.99. The Morgan fingerprint density at radius 2 is 2.20 bits per heavy atom. The molecule has 1 N–H and O–H groups in total. The molecule has 0 spiro atoms. The van der Waals surface area contributed by atoms with Gasteiger partial charge in [-0.2, -0.15) is 5.10 Å². The third-order valence-corrected chi connectivity index (χ3v) is 3.05. The quantitative estimate of drug-likeness (QED) is 0.778. The van der Waals surface area contributed by atoms with Crippen LogP contribution in [0, 0.1) is 0 Å². The molecule has 15 heavy (non-hydrogen) atoms. The normalized spacial score (nSPS) is 12.4. The van der Waals surface area contributed by atoms with Crippen LogP contribution in [-0.4, -0.2) is 45.5 Å². The molecule has 0 aromatic carbocycles. The van der Waals surface area contributed by atoms with E-state index >= 15 is 0 Å². The molecule has 4 nitrogen and oxygen atoms in total. The first-order valence-corrected chi connectivity index (χ1v) is 5.26. The molecule has 0 aliphatic carbocycles. The van der Waals surface area contributed by atoms with E-state index in [1.54, 1.807) is 0 Å². The highest BCUT2D eigenvalue weighted by atomic mass is 16.3. The van der Waals surface area contributed by atoms with Gasteiger partial charge in [-0.05, 0) is 27.0 Å². The van der Waals surface area contributed by atoms with Crippen LogP contribution in [0.3, 0.4) is 0 Å². The second-order valence-corrected chi connectivity index (χ2v) is 4.59. The van der Waals surface area contributed by atoms with E-state index in [9.17, 15) is 5.11 Å². The molecule has 0 fully saturated rings. The molecular formula is C11H21N3O. The molecule has 0 unspecified atom stereocenters. The fraction of sp³-hybridized carbons (Fsp3) is 0.727. The third-order valence-electron chi connectivity index (χ3n) is 3.05. The Labute approximate surface area is 91.5 Å². The standard InChI is InChI=1S/C11H21N3O/c1-11(2,9-15)13(3)8-6-10-5-7-12-14(10)4/h5,7,15H,6,8-9H2,1-4H3. The zero-order chi connectivity index (χ0) is 11.5. The van der Waals surface area contributed by atoms with Crippen molar-refractivity contribution >= 4 is 0 Å². The van der Waals surface area contributed by atoms with E-state index in [0.29, 0.717) is 0 Å². The molecule has 0 saturated carbocycles. The summed E-state index contributed by atoms with van der Waals surface area (Å²) in [5, 5.41) is 13.3. The Hall–Kier alpha value is -0.870. The first-order valence-electron chi connectivity index (χ1n) is 5.26. The van der Waals surface area contributed by atoms with Gasteiger partial charge in [0.25, 0.3) is 0 Å². The van der Waals surface area contributed by atoms with E-state index in [4.69, 9.17) is 0 Å². The van der Waals surface area contributed by atoms with Crippen LogP contribution in [0.15, 0.2) is 12.3 Å².